The van der Waals surface area contributed by atoms with Crippen molar-refractivity contribution in [2.45, 2.75) is 43.4 Å². The summed E-state index contributed by atoms with van der Waals surface area (Å²) < 4.78 is 10.9. The number of aromatic nitrogens is 1. The minimum absolute atomic E-state index is 0.671. The minimum atomic E-state index is -2.74. The number of benzene rings is 2. The van der Waals surface area contributed by atoms with Crippen LogP contribution in [0.2, 0.25) is 0 Å². The lowest BCUT2D eigenvalue weighted by Gasteiger charge is -2.39. The predicted octanol–water partition coefficient (Wildman–Crippen LogP) is 2.49. The van der Waals surface area contributed by atoms with E-state index in [1.807, 2.05) is 42.5 Å². The number of hydrogen-bond acceptors (Lipinski definition) is 9. The SMILES string of the molecule is COc1ccccc1C1(O)CCN(Cc2ccc3cccc(OC)c3n2)CC1.O=C(O)CC(O)(CC(=O)O)C(=O)O. The molecule has 0 bridgehead atoms. The van der Waals surface area contributed by atoms with Gasteiger partial charge in [0.25, 0.3) is 0 Å². The van der Waals surface area contributed by atoms with Crippen LogP contribution in [0.4, 0.5) is 0 Å². The number of aliphatic carboxylic acids is 3. The summed E-state index contributed by atoms with van der Waals surface area (Å²) >= 11 is 0. The zero-order valence-corrected chi connectivity index (χ0v) is 22.8. The zero-order valence-electron chi connectivity index (χ0n) is 22.8. The van der Waals surface area contributed by atoms with Crippen LogP contribution in [-0.2, 0) is 26.5 Å². The molecule has 0 radical (unpaired) electrons. The van der Waals surface area contributed by atoms with Gasteiger partial charge in [0, 0.05) is 30.6 Å². The highest BCUT2D eigenvalue weighted by atomic mass is 16.5. The maximum atomic E-state index is 11.2. The molecule has 1 fully saturated rings. The van der Waals surface area contributed by atoms with Gasteiger partial charge in [-0.2, -0.15) is 0 Å². The Hall–Kier alpha value is -4.26. The van der Waals surface area contributed by atoms with Gasteiger partial charge < -0.3 is 35.0 Å². The van der Waals surface area contributed by atoms with Crippen molar-refractivity contribution in [2.24, 2.45) is 0 Å². The van der Waals surface area contributed by atoms with Crippen molar-refractivity contribution in [3.05, 3.63) is 65.9 Å². The monoisotopic (exact) mass is 570 g/mol. The predicted molar refractivity (Wildman–Crippen MR) is 147 cm³/mol. The standard InChI is InChI=1S/C23H26N2O3.C6H8O7/c1-27-20-8-4-3-7-19(20)23(26)12-14-25(15-13-23)16-18-11-10-17-6-5-9-21(28-2)22(17)24-18;7-3(8)1-6(13,5(11)12)2-4(9)10/h3-11,26H,12-16H2,1-2H3;13H,1-2H2,(H,7,8)(H,9,10)(H,11,12). The summed E-state index contributed by atoms with van der Waals surface area (Å²) in [6.45, 7) is 2.37. The summed E-state index contributed by atoms with van der Waals surface area (Å²) in [5, 5.41) is 46.1. The molecule has 12 nitrogen and oxygen atoms in total. The molecule has 0 atom stereocenters. The highest BCUT2D eigenvalue weighted by molar-refractivity contribution is 5.88. The molecule has 12 heteroatoms. The fourth-order valence-electron chi connectivity index (χ4n) is 4.74. The van der Waals surface area contributed by atoms with Crippen molar-refractivity contribution >= 4 is 28.8 Å². The van der Waals surface area contributed by atoms with Crippen molar-refractivity contribution in [1.82, 2.24) is 9.88 Å². The molecule has 41 heavy (non-hydrogen) atoms. The lowest BCUT2D eigenvalue weighted by molar-refractivity contribution is -0.170. The Morgan fingerprint density at radius 2 is 1.46 bits per heavy atom. The van der Waals surface area contributed by atoms with Crippen LogP contribution in [-0.4, -0.2) is 86.2 Å². The van der Waals surface area contributed by atoms with Crippen LogP contribution >= 0.6 is 0 Å². The van der Waals surface area contributed by atoms with Gasteiger partial charge in [0.1, 0.15) is 17.0 Å². The van der Waals surface area contributed by atoms with Gasteiger partial charge in [-0.25, -0.2) is 9.78 Å². The van der Waals surface area contributed by atoms with Gasteiger partial charge in [-0.1, -0.05) is 36.4 Å². The van der Waals surface area contributed by atoms with E-state index in [2.05, 4.69) is 17.0 Å². The molecule has 5 N–H and O–H groups in total. The summed E-state index contributed by atoms with van der Waals surface area (Å²) in [5.41, 5.74) is -0.795. The Kier molecular flexibility index (Phi) is 10.2. The van der Waals surface area contributed by atoms with E-state index in [4.69, 9.17) is 34.9 Å². The zero-order chi connectivity index (χ0) is 30.2. The second-order valence-corrected chi connectivity index (χ2v) is 9.82. The van der Waals surface area contributed by atoms with E-state index in [0.717, 1.165) is 53.3 Å². The number of methoxy groups -OCH3 is 2. The van der Waals surface area contributed by atoms with Crippen molar-refractivity contribution < 1.29 is 49.4 Å². The second-order valence-electron chi connectivity index (χ2n) is 9.82. The van der Waals surface area contributed by atoms with E-state index >= 15 is 0 Å². The third kappa shape index (κ3) is 7.91. The van der Waals surface area contributed by atoms with Gasteiger partial charge in [0.05, 0.1) is 38.4 Å². The number of aliphatic hydroxyl groups is 2. The van der Waals surface area contributed by atoms with Crippen LogP contribution in [0.3, 0.4) is 0 Å². The molecule has 4 rings (SSSR count). The van der Waals surface area contributed by atoms with Gasteiger partial charge in [0.2, 0.25) is 0 Å². The number of rotatable bonds is 10. The number of carboxylic acids is 3. The van der Waals surface area contributed by atoms with Gasteiger partial charge in [-0.3, -0.25) is 14.5 Å². The van der Waals surface area contributed by atoms with E-state index in [-0.39, 0.29) is 0 Å². The number of nitrogens with zero attached hydrogens (tertiary/aromatic N) is 2. The molecule has 0 amide bonds. The van der Waals surface area contributed by atoms with E-state index in [0.29, 0.717) is 12.8 Å². The molecule has 1 saturated heterocycles. The van der Waals surface area contributed by atoms with Crippen LogP contribution in [0.1, 0.15) is 36.9 Å². The minimum Gasteiger partial charge on any atom is -0.496 e. The number of fused-ring (bicyclic) bond motifs is 1. The lowest BCUT2D eigenvalue weighted by atomic mass is 9.84. The molecule has 1 aromatic heterocycles. The van der Waals surface area contributed by atoms with Gasteiger partial charge in [0.15, 0.2) is 5.60 Å². The summed E-state index contributed by atoms with van der Waals surface area (Å²) in [6.07, 6.45) is -0.947. The first kappa shape index (κ1) is 31.3. The maximum Gasteiger partial charge on any atom is 0.336 e. The van der Waals surface area contributed by atoms with Gasteiger partial charge in [-0.05, 0) is 31.0 Å². The Labute approximate surface area is 236 Å². The summed E-state index contributed by atoms with van der Waals surface area (Å²) in [7, 11) is 3.32. The van der Waals surface area contributed by atoms with E-state index in [1.54, 1.807) is 14.2 Å². The van der Waals surface area contributed by atoms with Crippen LogP contribution in [0.25, 0.3) is 10.9 Å². The van der Waals surface area contributed by atoms with Gasteiger partial charge in [-0.15, -0.1) is 0 Å². The van der Waals surface area contributed by atoms with Crippen molar-refractivity contribution in [2.75, 3.05) is 27.3 Å². The number of para-hydroxylation sites is 2. The molecule has 2 aromatic carbocycles. The number of pyridine rings is 1. The molecule has 0 unspecified atom stereocenters. The number of likely N-dealkylation sites (tertiary alicyclic amines) is 1. The van der Waals surface area contributed by atoms with Crippen LogP contribution < -0.4 is 9.47 Å². The number of ether oxygens (including phenoxy) is 2. The fraction of sp³-hybridized carbons (Fsp3) is 0.379. The van der Waals surface area contributed by atoms with E-state index in [1.165, 1.54) is 0 Å². The third-order valence-electron chi connectivity index (χ3n) is 6.92. The summed E-state index contributed by atoms with van der Waals surface area (Å²) in [6, 6.07) is 17.9. The quantitative estimate of drug-likeness (QED) is 0.240. The average Bonchev–Trinajstić information content (AvgIpc) is 2.93. The molecular formula is C29H34N2O10. The highest BCUT2D eigenvalue weighted by Crippen LogP contribution is 2.38. The Bertz CT molecular complexity index is 1370. The van der Waals surface area contributed by atoms with E-state index in [9.17, 15) is 19.5 Å². The Morgan fingerprint density at radius 1 is 0.878 bits per heavy atom. The van der Waals surface area contributed by atoms with Crippen LogP contribution in [0.5, 0.6) is 11.5 Å². The number of hydrogen-bond donors (Lipinski definition) is 5. The van der Waals surface area contributed by atoms with Crippen LogP contribution in [0.15, 0.2) is 54.6 Å². The molecule has 0 spiro atoms. The largest absolute Gasteiger partial charge is 0.496 e. The lowest BCUT2D eigenvalue weighted by Crippen LogP contribution is -2.42. The fourth-order valence-corrected chi connectivity index (χ4v) is 4.74. The third-order valence-corrected chi connectivity index (χ3v) is 6.92. The van der Waals surface area contributed by atoms with Crippen molar-refractivity contribution in [3.63, 3.8) is 0 Å². The normalized spacial score (nSPS) is 14.9. The molecule has 2 heterocycles. The average molecular weight is 571 g/mol. The first-order chi connectivity index (χ1) is 19.4. The molecular weight excluding hydrogens is 536 g/mol. The topological polar surface area (TPSA) is 187 Å². The summed E-state index contributed by atoms with van der Waals surface area (Å²) in [4.78, 5) is 37.6. The van der Waals surface area contributed by atoms with Crippen LogP contribution in [0, 0.1) is 0 Å². The van der Waals surface area contributed by atoms with E-state index < -0.39 is 42.0 Å². The second kappa shape index (κ2) is 13.4. The number of piperidine rings is 1. The molecule has 1 aliphatic rings. The molecule has 1 aliphatic heterocycles. The Morgan fingerprint density at radius 3 is 2.02 bits per heavy atom. The highest BCUT2D eigenvalue weighted by Gasteiger charge is 2.41. The number of carboxylic acid groups (broad SMARTS) is 3. The molecule has 0 saturated carbocycles. The smallest absolute Gasteiger partial charge is 0.336 e. The van der Waals surface area contributed by atoms with Gasteiger partial charge >= 0.3 is 17.9 Å². The first-order valence-corrected chi connectivity index (χ1v) is 12.8. The summed E-state index contributed by atoms with van der Waals surface area (Å²) in [5.74, 6) is -3.47. The van der Waals surface area contributed by atoms with Crippen molar-refractivity contribution in [1.29, 1.82) is 0 Å². The van der Waals surface area contributed by atoms with Crippen molar-refractivity contribution in [3.8, 4) is 11.5 Å². The molecule has 3 aromatic rings. The first-order valence-electron chi connectivity index (χ1n) is 12.8. The Balaban J connectivity index is 0.000000302. The number of carbonyl (C=O) groups is 3. The maximum absolute atomic E-state index is 11.2. The molecule has 0 aliphatic carbocycles. The molecule has 220 valence electrons.